The molecule has 0 spiro atoms. The number of amides is 2. The lowest BCUT2D eigenvalue weighted by molar-refractivity contribution is -0.132. The molecule has 2 heterocycles. The van der Waals surface area contributed by atoms with E-state index in [0.29, 0.717) is 42.9 Å². The highest BCUT2D eigenvalue weighted by Gasteiger charge is 2.35. The molecule has 2 aromatic carbocycles. The van der Waals surface area contributed by atoms with E-state index in [2.05, 4.69) is 39.4 Å². The highest BCUT2D eigenvalue weighted by atomic mass is 35.5. The van der Waals surface area contributed by atoms with Crippen LogP contribution < -0.4 is 4.90 Å². The Labute approximate surface area is 241 Å². The average Bonchev–Trinajstić information content (AvgIpc) is 3.69. The molecule has 2 amide bonds. The summed E-state index contributed by atoms with van der Waals surface area (Å²) in [6.45, 7) is 7.94. The fourth-order valence-electron chi connectivity index (χ4n) is 5.12. The molecule has 0 unspecified atom stereocenters. The van der Waals surface area contributed by atoms with Gasteiger partial charge in [-0.3, -0.25) is 14.5 Å². The molecular weight excluding hydrogens is 526 g/mol. The second-order valence-corrected chi connectivity index (χ2v) is 11.6. The number of benzene rings is 2. The van der Waals surface area contributed by atoms with Crippen molar-refractivity contribution in [1.82, 2.24) is 20.0 Å². The molecule has 40 heavy (non-hydrogen) atoms. The molecule has 2 aliphatic rings. The summed E-state index contributed by atoms with van der Waals surface area (Å²) in [6, 6.07) is 16.1. The summed E-state index contributed by atoms with van der Waals surface area (Å²) in [4.78, 5) is 33.3. The number of aromatic nitrogens is 2. The predicted octanol–water partition coefficient (Wildman–Crippen LogP) is 5.46. The lowest BCUT2D eigenvalue weighted by Gasteiger charge is -2.28. The normalized spacial score (nSPS) is 17.0. The Morgan fingerprint density at radius 2 is 1.82 bits per heavy atom. The predicted molar refractivity (Wildman–Crippen MR) is 155 cm³/mol. The van der Waals surface area contributed by atoms with Gasteiger partial charge in [0, 0.05) is 69.0 Å². The van der Waals surface area contributed by atoms with E-state index < -0.39 is 0 Å². The Balaban J connectivity index is 1.40. The lowest BCUT2D eigenvalue weighted by Crippen LogP contribution is -2.38. The Kier molecular flexibility index (Phi) is 9.17. The monoisotopic (exact) mass is 563 g/mol. The lowest BCUT2D eigenvalue weighted by atomic mass is 10.1. The molecule has 1 aliphatic carbocycles. The van der Waals surface area contributed by atoms with Crippen LogP contribution in [0.15, 0.2) is 52.9 Å². The summed E-state index contributed by atoms with van der Waals surface area (Å²) in [5, 5.41) is 8.82. The van der Waals surface area contributed by atoms with Crippen LogP contribution in [-0.2, 0) is 29.1 Å². The summed E-state index contributed by atoms with van der Waals surface area (Å²) < 4.78 is 5.74. The molecule has 0 N–H and O–H groups in total. The van der Waals surface area contributed by atoms with Crippen LogP contribution in [0.5, 0.6) is 0 Å². The third kappa shape index (κ3) is 7.29. The van der Waals surface area contributed by atoms with Crippen LogP contribution in [0.1, 0.15) is 68.4 Å². The van der Waals surface area contributed by atoms with Crippen LogP contribution in [0, 0.1) is 5.92 Å². The maximum absolute atomic E-state index is 13.6. The maximum Gasteiger partial charge on any atom is 0.230 e. The van der Waals surface area contributed by atoms with Gasteiger partial charge in [-0.15, -0.1) is 10.2 Å². The number of halogens is 1. The van der Waals surface area contributed by atoms with E-state index in [4.69, 9.17) is 16.0 Å². The van der Waals surface area contributed by atoms with Gasteiger partial charge in [0.05, 0.1) is 5.69 Å². The molecule has 212 valence electrons. The number of carbonyl (C=O) groups excluding carboxylic acids is 2. The van der Waals surface area contributed by atoms with Crippen molar-refractivity contribution in [2.75, 3.05) is 31.1 Å². The second-order valence-electron chi connectivity index (χ2n) is 11.2. The summed E-state index contributed by atoms with van der Waals surface area (Å²) in [5.74, 6) is 1.47. The van der Waals surface area contributed by atoms with Crippen LogP contribution in [0.3, 0.4) is 0 Å². The first-order chi connectivity index (χ1) is 19.4. The quantitative estimate of drug-likeness (QED) is 0.380. The van der Waals surface area contributed by atoms with Crippen molar-refractivity contribution in [3.05, 3.63) is 76.5 Å². The third-order valence-corrected chi connectivity index (χ3v) is 7.80. The van der Waals surface area contributed by atoms with Crippen molar-refractivity contribution in [3.8, 4) is 0 Å². The SMILES string of the molecule is CC(C)c1nnc(CCC(=O)N2CCN(Cc3ccccc3)CCCN(C(=O)C3CC3)c3cc(Cl)ccc3C2)o1. The second kappa shape index (κ2) is 13.0. The molecule has 0 radical (unpaired) electrons. The van der Waals surface area contributed by atoms with Gasteiger partial charge in [-0.1, -0.05) is 61.8 Å². The van der Waals surface area contributed by atoms with E-state index in [1.54, 1.807) is 0 Å². The zero-order valence-corrected chi connectivity index (χ0v) is 24.1. The standard InChI is InChI=1S/C31H38ClN5O3/c1-22(2)30-34-33-28(40-30)13-14-29(38)36-18-17-35(20-23-7-4-3-5-8-23)15-6-16-37(31(39)24-9-10-24)27-19-26(32)12-11-25(27)21-36/h3-5,7-8,11-12,19,22,24H,6,9-10,13-18,20-21H2,1-2H3. The fourth-order valence-corrected chi connectivity index (χ4v) is 5.28. The highest BCUT2D eigenvalue weighted by molar-refractivity contribution is 6.31. The maximum atomic E-state index is 13.6. The molecule has 8 nitrogen and oxygen atoms in total. The van der Waals surface area contributed by atoms with Crippen molar-refractivity contribution in [2.24, 2.45) is 5.92 Å². The zero-order valence-electron chi connectivity index (χ0n) is 23.4. The third-order valence-electron chi connectivity index (χ3n) is 7.56. The van der Waals surface area contributed by atoms with Crippen LogP contribution in [0.4, 0.5) is 5.69 Å². The smallest absolute Gasteiger partial charge is 0.230 e. The van der Waals surface area contributed by atoms with Gasteiger partial charge >= 0.3 is 0 Å². The molecule has 3 aromatic rings. The van der Waals surface area contributed by atoms with Crippen LogP contribution in [0.2, 0.25) is 5.02 Å². The highest BCUT2D eigenvalue weighted by Crippen LogP contribution is 2.35. The first kappa shape index (κ1) is 28.3. The summed E-state index contributed by atoms with van der Waals surface area (Å²) >= 11 is 6.45. The Bertz CT molecular complexity index is 1310. The molecular formula is C31H38ClN5O3. The topological polar surface area (TPSA) is 82.8 Å². The van der Waals surface area contributed by atoms with Gasteiger partial charge in [-0.25, -0.2) is 0 Å². The van der Waals surface area contributed by atoms with Crippen molar-refractivity contribution in [3.63, 3.8) is 0 Å². The minimum atomic E-state index is 0.0178. The molecule has 1 fully saturated rings. The number of rotatable bonds is 7. The van der Waals surface area contributed by atoms with Crippen molar-refractivity contribution < 1.29 is 14.0 Å². The zero-order chi connectivity index (χ0) is 28.1. The molecule has 1 aliphatic heterocycles. The van der Waals surface area contributed by atoms with E-state index in [1.807, 2.05) is 47.9 Å². The number of aryl methyl sites for hydroxylation is 1. The van der Waals surface area contributed by atoms with Crippen LogP contribution in [0.25, 0.3) is 0 Å². The summed E-state index contributed by atoms with van der Waals surface area (Å²) in [7, 11) is 0. The largest absolute Gasteiger partial charge is 0.425 e. The van der Waals surface area contributed by atoms with E-state index in [9.17, 15) is 9.59 Å². The Hall–Kier alpha value is -3.23. The number of hydrogen-bond acceptors (Lipinski definition) is 6. The molecule has 5 rings (SSSR count). The molecule has 9 heteroatoms. The fraction of sp³-hybridized carbons (Fsp3) is 0.484. The van der Waals surface area contributed by atoms with E-state index in [0.717, 1.165) is 50.1 Å². The van der Waals surface area contributed by atoms with E-state index >= 15 is 0 Å². The first-order valence-electron chi connectivity index (χ1n) is 14.3. The van der Waals surface area contributed by atoms with E-state index in [1.165, 1.54) is 5.56 Å². The molecule has 0 saturated heterocycles. The van der Waals surface area contributed by atoms with Gasteiger partial charge in [0.15, 0.2) is 0 Å². The van der Waals surface area contributed by atoms with Gasteiger partial charge in [0.2, 0.25) is 23.6 Å². The van der Waals surface area contributed by atoms with Gasteiger partial charge in [0.1, 0.15) is 0 Å². The number of hydrogen-bond donors (Lipinski definition) is 0. The molecule has 0 atom stereocenters. The first-order valence-corrected chi connectivity index (χ1v) is 14.7. The Morgan fingerprint density at radius 3 is 2.55 bits per heavy atom. The number of nitrogens with zero attached hydrogens (tertiary/aromatic N) is 5. The van der Waals surface area contributed by atoms with Gasteiger partial charge in [0.25, 0.3) is 0 Å². The van der Waals surface area contributed by atoms with Crippen molar-refractivity contribution in [2.45, 2.75) is 65.0 Å². The summed E-state index contributed by atoms with van der Waals surface area (Å²) in [5.41, 5.74) is 2.98. The Morgan fingerprint density at radius 1 is 1.02 bits per heavy atom. The number of anilines is 1. The van der Waals surface area contributed by atoms with Crippen LogP contribution >= 0.6 is 11.6 Å². The van der Waals surface area contributed by atoms with Crippen LogP contribution in [-0.4, -0.2) is 58.0 Å². The van der Waals surface area contributed by atoms with E-state index in [-0.39, 0.29) is 30.1 Å². The minimum absolute atomic E-state index is 0.0178. The number of carbonyl (C=O) groups is 2. The van der Waals surface area contributed by atoms with Gasteiger partial charge in [-0.2, -0.15) is 0 Å². The van der Waals surface area contributed by atoms with Crippen molar-refractivity contribution >= 4 is 29.1 Å². The number of fused-ring (bicyclic) bond motifs is 1. The van der Waals surface area contributed by atoms with Gasteiger partial charge < -0.3 is 14.2 Å². The minimum Gasteiger partial charge on any atom is -0.425 e. The summed E-state index contributed by atoms with van der Waals surface area (Å²) in [6.07, 6.45) is 3.36. The van der Waals surface area contributed by atoms with Gasteiger partial charge in [-0.05, 0) is 42.5 Å². The van der Waals surface area contributed by atoms with Crippen molar-refractivity contribution in [1.29, 1.82) is 0 Å². The molecule has 1 saturated carbocycles. The molecule has 1 aromatic heterocycles. The molecule has 0 bridgehead atoms. The average molecular weight is 564 g/mol.